The Labute approximate surface area is 153 Å². The van der Waals surface area contributed by atoms with Gasteiger partial charge in [0.15, 0.2) is 10.9 Å². The summed E-state index contributed by atoms with van der Waals surface area (Å²) in [7, 11) is 0. The van der Waals surface area contributed by atoms with Gasteiger partial charge in [0.1, 0.15) is 6.04 Å². The molecule has 1 atom stereocenters. The Hall–Kier alpha value is -2.44. The number of ketones is 1. The van der Waals surface area contributed by atoms with Crippen molar-refractivity contribution in [1.82, 2.24) is 9.55 Å². The maximum Gasteiger partial charge on any atom is 0.249 e. The zero-order valence-corrected chi connectivity index (χ0v) is 14.7. The first-order valence-electron chi connectivity index (χ1n) is 7.84. The molecule has 0 saturated carbocycles. The highest BCUT2D eigenvalue weighted by Gasteiger charge is 2.29. The molecular weight excluding hydrogens is 358 g/mol. The number of Topliss-reactive ketones (excluding diaryl/α,β-unsaturated/α-hetero) is 1. The molecule has 0 bridgehead atoms. The minimum absolute atomic E-state index is 0.0755. The van der Waals surface area contributed by atoms with Crippen molar-refractivity contribution >= 4 is 39.8 Å². The number of carbonyl (C=O) groups is 2. The minimum Gasteiger partial charge on any atom is -0.333 e. The molecule has 3 aromatic rings. The van der Waals surface area contributed by atoms with E-state index in [1.165, 1.54) is 11.3 Å². The van der Waals surface area contributed by atoms with Crippen LogP contribution in [-0.2, 0) is 4.79 Å². The number of fused-ring (bicyclic) bond motifs is 1. The Kier molecular flexibility index (Phi) is 4.15. The second kappa shape index (κ2) is 6.46. The van der Waals surface area contributed by atoms with Crippen molar-refractivity contribution in [2.75, 3.05) is 5.32 Å². The molecule has 2 aromatic heterocycles. The van der Waals surface area contributed by atoms with Crippen LogP contribution in [0.25, 0.3) is 10.4 Å². The molecule has 0 saturated heterocycles. The van der Waals surface area contributed by atoms with E-state index in [2.05, 4.69) is 10.3 Å². The van der Waals surface area contributed by atoms with E-state index in [9.17, 15) is 9.59 Å². The van der Waals surface area contributed by atoms with E-state index < -0.39 is 0 Å². The molecule has 7 heteroatoms. The number of halogens is 1. The lowest BCUT2D eigenvalue weighted by atomic mass is 10.0. The standard InChI is InChI=1S/C18H14ClN3O2S/c19-12-4-1-3-11(9-12)16-10-20-18(25-16)21-17(24)14-6-7-15(23)13-5-2-8-22(13)14/h1-5,8-10,14H,6-7H2,(H,20,21,24). The molecule has 5 nitrogen and oxygen atoms in total. The number of carbonyl (C=O) groups excluding carboxylic acids is 2. The van der Waals surface area contributed by atoms with E-state index in [1.54, 1.807) is 29.1 Å². The molecule has 1 N–H and O–H groups in total. The monoisotopic (exact) mass is 371 g/mol. The summed E-state index contributed by atoms with van der Waals surface area (Å²) in [5.74, 6) is -0.0801. The Morgan fingerprint density at radius 3 is 3.04 bits per heavy atom. The maximum absolute atomic E-state index is 12.6. The van der Waals surface area contributed by atoms with Gasteiger partial charge in [-0.25, -0.2) is 4.98 Å². The smallest absolute Gasteiger partial charge is 0.249 e. The number of anilines is 1. The largest absolute Gasteiger partial charge is 0.333 e. The molecule has 0 radical (unpaired) electrons. The average molecular weight is 372 g/mol. The van der Waals surface area contributed by atoms with Crippen LogP contribution in [0.5, 0.6) is 0 Å². The summed E-state index contributed by atoms with van der Waals surface area (Å²) in [4.78, 5) is 29.7. The number of hydrogen-bond acceptors (Lipinski definition) is 4. The van der Waals surface area contributed by atoms with E-state index in [-0.39, 0.29) is 17.7 Å². The van der Waals surface area contributed by atoms with Gasteiger partial charge < -0.3 is 9.88 Å². The summed E-state index contributed by atoms with van der Waals surface area (Å²) >= 11 is 7.41. The normalized spacial score (nSPS) is 16.5. The van der Waals surface area contributed by atoms with Gasteiger partial charge in [0.25, 0.3) is 0 Å². The first-order chi connectivity index (χ1) is 12.1. The quantitative estimate of drug-likeness (QED) is 0.741. The van der Waals surface area contributed by atoms with Gasteiger partial charge in [0, 0.05) is 23.8 Å². The van der Waals surface area contributed by atoms with Gasteiger partial charge >= 0.3 is 0 Å². The molecule has 4 rings (SSSR count). The van der Waals surface area contributed by atoms with Gasteiger partial charge in [0.2, 0.25) is 5.91 Å². The van der Waals surface area contributed by atoms with Gasteiger partial charge in [-0.1, -0.05) is 35.1 Å². The lowest BCUT2D eigenvalue weighted by Crippen LogP contribution is -2.31. The fourth-order valence-electron chi connectivity index (χ4n) is 2.99. The SMILES string of the molecule is O=C1CCC(C(=O)Nc2ncc(-c3cccc(Cl)c3)s2)n2cccc21. The van der Waals surface area contributed by atoms with E-state index in [0.29, 0.717) is 28.7 Å². The molecule has 3 heterocycles. The second-order valence-electron chi connectivity index (χ2n) is 5.81. The maximum atomic E-state index is 12.6. The topological polar surface area (TPSA) is 64.0 Å². The molecule has 1 unspecified atom stereocenters. The van der Waals surface area contributed by atoms with Crippen LogP contribution in [0.2, 0.25) is 5.02 Å². The number of amides is 1. The van der Waals surface area contributed by atoms with Gasteiger partial charge in [-0.3, -0.25) is 9.59 Å². The van der Waals surface area contributed by atoms with Crippen LogP contribution in [0.4, 0.5) is 5.13 Å². The zero-order valence-electron chi connectivity index (χ0n) is 13.1. The van der Waals surface area contributed by atoms with Crippen molar-refractivity contribution in [1.29, 1.82) is 0 Å². The third-order valence-electron chi connectivity index (χ3n) is 4.19. The van der Waals surface area contributed by atoms with Crippen LogP contribution in [-0.4, -0.2) is 21.2 Å². The van der Waals surface area contributed by atoms with Gasteiger partial charge in [0.05, 0.1) is 10.6 Å². The molecule has 0 spiro atoms. The first kappa shape index (κ1) is 16.1. The van der Waals surface area contributed by atoms with Crippen molar-refractivity contribution in [3.63, 3.8) is 0 Å². The number of benzene rings is 1. The van der Waals surface area contributed by atoms with Crippen LogP contribution in [0.3, 0.4) is 0 Å². The molecule has 1 amide bonds. The summed E-state index contributed by atoms with van der Waals surface area (Å²) in [6.07, 6.45) is 4.37. The molecule has 126 valence electrons. The Bertz CT molecular complexity index is 963. The van der Waals surface area contributed by atoms with Crippen molar-refractivity contribution in [3.05, 3.63) is 59.5 Å². The predicted octanol–water partition coefficient (Wildman–Crippen LogP) is 4.42. The summed E-state index contributed by atoms with van der Waals surface area (Å²) in [6, 6.07) is 10.7. The van der Waals surface area contributed by atoms with Gasteiger partial charge in [-0.05, 0) is 36.2 Å². The van der Waals surface area contributed by atoms with Crippen molar-refractivity contribution in [2.24, 2.45) is 0 Å². The molecule has 1 aliphatic heterocycles. The highest BCUT2D eigenvalue weighted by atomic mass is 35.5. The molecule has 1 aromatic carbocycles. The fourth-order valence-corrected chi connectivity index (χ4v) is 4.00. The van der Waals surface area contributed by atoms with Crippen molar-refractivity contribution in [3.8, 4) is 10.4 Å². The zero-order chi connectivity index (χ0) is 17.4. The minimum atomic E-state index is -0.388. The second-order valence-corrected chi connectivity index (χ2v) is 7.27. The van der Waals surface area contributed by atoms with Crippen LogP contribution in [0, 0.1) is 0 Å². The van der Waals surface area contributed by atoms with E-state index >= 15 is 0 Å². The van der Waals surface area contributed by atoms with Gasteiger partial charge in [-0.2, -0.15) is 0 Å². The molecule has 1 aliphatic rings. The summed E-state index contributed by atoms with van der Waals surface area (Å²) < 4.78 is 1.74. The van der Waals surface area contributed by atoms with E-state index in [4.69, 9.17) is 11.6 Å². The molecule has 0 aliphatic carbocycles. The number of hydrogen-bond donors (Lipinski definition) is 1. The van der Waals surface area contributed by atoms with E-state index in [1.807, 2.05) is 24.3 Å². The van der Waals surface area contributed by atoms with Crippen LogP contribution >= 0.6 is 22.9 Å². The van der Waals surface area contributed by atoms with Crippen LogP contribution in [0.1, 0.15) is 29.4 Å². The van der Waals surface area contributed by atoms with E-state index in [0.717, 1.165) is 10.4 Å². The van der Waals surface area contributed by atoms with Crippen LogP contribution in [0.15, 0.2) is 48.8 Å². The number of nitrogens with one attached hydrogen (secondary N) is 1. The third-order valence-corrected chi connectivity index (χ3v) is 5.39. The Balaban J connectivity index is 1.53. The number of nitrogens with zero attached hydrogens (tertiary/aromatic N) is 2. The molecular formula is C18H14ClN3O2S. The number of rotatable bonds is 3. The summed E-state index contributed by atoms with van der Waals surface area (Å²) in [5.41, 5.74) is 1.55. The number of thiazole rings is 1. The fraction of sp³-hybridized carbons (Fsp3) is 0.167. The van der Waals surface area contributed by atoms with Crippen molar-refractivity contribution in [2.45, 2.75) is 18.9 Å². The van der Waals surface area contributed by atoms with Crippen molar-refractivity contribution < 1.29 is 9.59 Å². The lowest BCUT2D eigenvalue weighted by Gasteiger charge is -2.24. The predicted molar refractivity (Wildman–Crippen MR) is 98.2 cm³/mol. The Morgan fingerprint density at radius 1 is 1.32 bits per heavy atom. The summed E-state index contributed by atoms with van der Waals surface area (Å²) in [6.45, 7) is 0. The third kappa shape index (κ3) is 3.10. The molecule has 25 heavy (non-hydrogen) atoms. The summed E-state index contributed by atoms with van der Waals surface area (Å²) in [5, 5.41) is 4.05. The average Bonchev–Trinajstić information content (AvgIpc) is 3.25. The number of aromatic nitrogens is 2. The van der Waals surface area contributed by atoms with Crippen LogP contribution < -0.4 is 5.32 Å². The lowest BCUT2D eigenvalue weighted by molar-refractivity contribution is -0.119. The first-order valence-corrected chi connectivity index (χ1v) is 9.04. The highest BCUT2D eigenvalue weighted by Crippen LogP contribution is 2.32. The van der Waals surface area contributed by atoms with Gasteiger partial charge in [-0.15, -0.1) is 0 Å². The Morgan fingerprint density at radius 2 is 2.20 bits per heavy atom. The molecule has 0 fully saturated rings. The highest BCUT2D eigenvalue weighted by molar-refractivity contribution is 7.19.